The smallest absolute Gasteiger partial charge is 0.229 e. The normalized spacial score (nSPS) is 36.4. The molecule has 2 nitrogen and oxygen atoms in total. The number of amides is 1. The van der Waals surface area contributed by atoms with Crippen molar-refractivity contribution < 1.29 is 4.79 Å². The second kappa shape index (κ2) is 5.52. The topological polar surface area (TPSA) is 20.3 Å². The molecule has 104 valence electrons. The van der Waals surface area contributed by atoms with Gasteiger partial charge < -0.3 is 4.90 Å². The SMILES string of the molecule is CCN(CC)C(=O)[C@@]1(C)[C@@H](Br)[C@@H]1C1CCCCC1. The Morgan fingerprint density at radius 3 is 2.28 bits per heavy atom. The summed E-state index contributed by atoms with van der Waals surface area (Å²) in [6.07, 6.45) is 6.76. The second-order valence-electron chi connectivity index (χ2n) is 6.09. The summed E-state index contributed by atoms with van der Waals surface area (Å²) in [6.45, 7) is 7.99. The van der Waals surface area contributed by atoms with Gasteiger partial charge in [-0.25, -0.2) is 0 Å². The highest BCUT2D eigenvalue weighted by molar-refractivity contribution is 9.09. The van der Waals surface area contributed by atoms with Gasteiger partial charge in [0, 0.05) is 17.9 Å². The van der Waals surface area contributed by atoms with Gasteiger partial charge in [-0.05, 0) is 32.6 Å². The van der Waals surface area contributed by atoms with Crippen molar-refractivity contribution in [2.75, 3.05) is 13.1 Å². The quantitative estimate of drug-likeness (QED) is 0.722. The predicted octanol–water partition coefficient (Wildman–Crippen LogP) is 3.83. The summed E-state index contributed by atoms with van der Waals surface area (Å²) in [7, 11) is 0. The maximum atomic E-state index is 12.6. The van der Waals surface area contributed by atoms with Crippen molar-refractivity contribution >= 4 is 21.8 Å². The third-order valence-corrected chi connectivity index (χ3v) is 6.66. The van der Waals surface area contributed by atoms with Crippen LogP contribution in [0, 0.1) is 17.3 Å². The number of hydrogen-bond donors (Lipinski definition) is 0. The molecular formula is C15H26BrNO. The first kappa shape index (κ1) is 14.4. The zero-order valence-electron chi connectivity index (χ0n) is 11.9. The summed E-state index contributed by atoms with van der Waals surface area (Å²) in [4.78, 5) is 15.0. The molecule has 2 aliphatic carbocycles. The fraction of sp³-hybridized carbons (Fsp3) is 0.933. The number of carbonyl (C=O) groups excluding carboxylic acids is 1. The Morgan fingerprint density at radius 2 is 1.78 bits per heavy atom. The molecule has 0 spiro atoms. The molecule has 0 bridgehead atoms. The molecule has 0 aliphatic heterocycles. The zero-order chi connectivity index (χ0) is 13.3. The molecule has 2 rings (SSSR count). The van der Waals surface area contributed by atoms with Crippen molar-refractivity contribution in [2.24, 2.45) is 17.3 Å². The highest BCUT2D eigenvalue weighted by Crippen LogP contribution is 2.63. The monoisotopic (exact) mass is 315 g/mol. The zero-order valence-corrected chi connectivity index (χ0v) is 13.5. The van der Waals surface area contributed by atoms with E-state index in [1.54, 1.807) is 0 Å². The van der Waals surface area contributed by atoms with E-state index >= 15 is 0 Å². The lowest BCUT2D eigenvalue weighted by Gasteiger charge is -2.27. The highest BCUT2D eigenvalue weighted by atomic mass is 79.9. The van der Waals surface area contributed by atoms with Crippen LogP contribution in [0.15, 0.2) is 0 Å². The van der Waals surface area contributed by atoms with Gasteiger partial charge in [-0.15, -0.1) is 0 Å². The van der Waals surface area contributed by atoms with Gasteiger partial charge in [0.05, 0.1) is 5.41 Å². The molecule has 0 radical (unpaired) electrons. The van der Waals surface area contributed by atoms with E-state index in [2.05, 4.69) is 36.7 Å². The summed E-state index contributed by atoms with van der Waals surface area (Å²) < 4.78 is 0. The van der Waals surface area contributed by atoms with Crippen LogP contribution in [0.2, 0.25) is 0 Å². The molecule has 2 fully saturated rings. The Bertz CT molecular complexity index is 310. The lowest BCUT2D eigenvalue weighted by Crippen LogP contribution is -2.38. The van der Waals surface area contributed by atoms with Gasteiger partial charge in [0.1, 0.15) is 0 Å². The van der Waals surface area contributed by atoms with Crippen LogP contribution in [0.4, 0.5) is 0 Å². The predicted molar refractivity (Wildman–Crippen MR) is 78.8 cm³/mol. The van der Waals surface area contributed by atoms with Gasteiger partial charge in [0.15, 0.2) is 0 Å². The minimum Gasteiger partial charge on any atom is -0.343 e. The number of hydrogen-bond acceptors (Lipinski definition) is 1. The minimum atomic E-state index is -0.131. The van der Waals surface area contributed by atoms with Crippen molar-refractivity contribution in [2.45, 2.75) is 57.7 Å². The van der Waals surface area contributed by atoms with Crippen molar-refractivity contribution in [3.05, 3.63) is 0 Å². The molecule has 0 aromatic heterocycles. The van der Waals surface area contributed by atoms with Crippen molar-refractivity contribution in [3.8, 4) is 0 Å². The summed E-state index contributed by atoms with van der Waals surface area (Å²) in [5, 5.41) is 0. The van der Waals surface area contributed by atoms with Crippen LogP contribution >= 0.6 is 15.9 Å². The van der Waals surface area contributed by atoms with Gasteiger partial charge in [0.25, 0.3) is 0 Å². The Morgan fingerprint density at radius 1 is 1.22 bits per heavy atom. The largest absolute Gasteiger partial charge is 0.343 e. The first-order valence-electron chi connectivity index (χ1n) is 7.50. The van der Waals surface area contributed by atoms with E-state index in [9.17, 15) is 4.79 Å². The van der Waals surface area contributed by atoms with Crippen LogP contribution in [0.25, 0.3) is 0 Å². The molecule has 3 atom stereocenters. The molecule has 0 heterocycles. The van der Waals surface area contributed by atoms with Gasteiger partial charge in [-0.1, -0.05) is 48.0 Å². The van der Waals surface area contributed by atoms with Gasteiger partial charge in [-0.3, -0.25) is 4.79 Å². The lowest BCUT2D eigenvalue weighted by atomic mass is 9.82. The van der Waals surface area contributed by atoms with E-state index in [1.165, 1.54) is 32.1 Å². The Kier molecular flexibility index (Phi) is 4.40. The molecule has 0 unspecified atom stereocenters. The van der Waals surface area contributed by atoms with Crippen molar-refractivity contribution in [1.29, 1.82) is 0 Å². The molecule has 0 aromatic rings. The summed E-state index contributed by atoms with van der Waals surface area (Å²) in [6, 6.07) is 0. The van der Waals surface area contributed by atoms with Crippen LogP contribution < -0.4 is 0 Å². The fourth-order valence-electron chi connectivity index (χ4n) is 3.83. The summed E-state index contributed by atoms with van der Waals surface area (Å²) in [5.41, 5.74) is -0.131. The fourth-order valence-corrected chi connectivity index (χ4v) is 5.16. The third kappa shape index (κ3) is 2.23. The molecule has 1 amide bonds. The maximum absolute atomic E-state index is 12.6. The molecule has 3 heteroatoms. The van der Waals surface area contributed by atoms with Crippen LogP contribution in [0.3, 0.4) is 0 Å². The molecule has 18 heavy (non-hydrogen) atoms. The number of rotatable bonds is 4. The maximum Gasteiger partial charge on any atom is 0.229 e. The molecule has 2 saturated carbocycles. The van der Waals surface area contributed by atoms with E-state index in [0.717, 1.165) is 19.0 Å². The van der Waals surface area contributed by atoms with E-state index in [1.807, 2.05) is 4.90 Å². The summed E-state index contributed by atoms with van der Waals surface area (Å²) >= 11 is 3.79. The number of halogens is 1. The van der Waals surface area contributed by atoms with E-state index in [4.69, 9.17) is 0 Å². The summed E-state index contributed by atoms with van der Waals surface area (Å²) in [5.74, 6) is 1.71. The van der Waals surface area contributed by atoms with E-state index < -0.39 is 0 Å². The molecule has 0 saturated heterocycles. The first-order valence-corrected chi connectivity index (χ1v) is 8.42. The second-order valence-corrected chi connectivity index (χ2v) is 7.07. The van der Waals surface area contributed by atoms with Gasteiger partial charge in [-0.2, -0.15) is 0 Å². The van der Waals surface area contributed by atoms with E-state index in [-0.39, 0.29) is 5.41 Å². The molecule has 0 N–H and O–H groups in total. The van der Waals surface area contributed by atoms with Crippen LogP contribution in [0.1, 0.15) is 52.9 Å². The van der Waals surface area contributed by atoms with Gasteiger partial charge >= 0.3 is 0 Å². The number of alkyl halides is 1. The highest BCUT2D eigenvalue weighted by Gasteiger charge is 2.67. The molecule has 0 aromatic carbocycles. The first-order chi connectivity index (χ1) is 8.57. The van der Waals surface area contributed by atoms with Gasteiger partial charge in [0.2, 0.25) is 5.91 Å². The van der Waals surface area contributed by atoms with Crippen molar-refractivity contribution in [1.82, 2.24) is 4.90 Å². The van der Waals surface area contributed by atoms with E-state index in [0.29, 0.717) is 16.7 Å². The molecule has 2 aliphatic rings. The lowest BCUT2D eigenvalue weighted by molar-refractivity contribution is -0.136. The molecular weight excluding hydrogens is 290 g/mol. The van der Waals surface area contributed by atoms with Crippen LogP contribution in [-0.4, -0.2) is 28.7 Å². The number of nitrogens with zero attached hydrogens (tertiary/aromatic N) is 1. The standard InChI is InChI=1S/C15H26BrNO/c1-4-17(5-2)14(18)15(3)12(13(15)16)11-9-7-6-8-10-11/h11-13H,4-10H2,1-3H3/t12-,13-,15+/m0/s1. The Balaban J connectivity index is 2.05. The van der Waals surface area contributed by atoms with Crippen molar-refractivity contribution in [3.63, 3.8) is 0 Å². The van der Waals surface area contributed by atoms with Crippen LogP contribution in [0.5, 0.6) is 0 Å². The average molecular weight is 316 g/mol. The Labute approximate surface area is 120 Å². The third-order valence-electron chi connectivity index (χ3n) is 5.14. The Hall–Kier alpha value is -0.0500. The number of carbonyl (C=O) groups is 1. The van der Waals surface area contributed by atoms with Crippen LogP contribution in [-0.2, 0) is 4.79 Å². The average Bonchev–Trinajstić information content (AvgIpc) is 2.95. The minimum absolute atomic E-state index is 0.131.